The lowest BCUT2D eigenvalue weighted by Crippen LogP contribution is -2.36. The van der Waals surface area contributed by atoms with Crippen molar-refractivity contribution in [1.82, 2.24) is 10.6 Å². The molecule has 1 atom stereocenters. The minimum absolute atomic E-state index is 0.0258. The first-order valence-corrected chi connectivity index (χ1v) is 7.51. The third-order valence-corrected chi connectivity index (χ3v) is 4.07. The number of hydrogen-bond acceptors (Lipinski definition) is 3. The lowest BCUT2D eigenvalue weighted by molar-refractivity contribution is 0.0937. The highest BCUT2D eigenvalue weighted by Gasteiger charge is 2.19. The Morgan fingerprint density at radius 3 is 3.11 bits per heavy atom. The summed E-state index contributed by atoms with van der Waals surface area (Å²) in [4.78, 5) is 13.2. The van der Waals surface area contributed by atoms with Crippen LogP contribution in [0.15, 0.2) is 23.1 Å². The molecular formula is C13H17ClN2OS. The number of nitrogens with one attached hydrogen (secondary N) is 2. The van der Waals surface area contributed by atoms with Gasteiger partial charge in [-0.25, -0.2) is 0 Å². The van der Waals surface area contributed by atoms with Crippen LogP contribution in [-0.4, -0.2) is 30.8 Å². The van der Waals surface area contributed by atoms with Gasteiger partial charge in [0.25, 0.3) is 5.91 Å². The van der Waals surface area contributed by atoms with E-state index in [9.17, 15) is 4.79 Å². The fourth-order valence-corrected chi connectivity index (χ4v) is 2.96. The maximum absolute atomic E-state index is 12.2. The van der Waals surface area contributed by atoms with E-state index in [0.29, 0.717) is 10.6 Å². The molecule has 1 amide bonds. The van der Waals surface area contributed by atoms with Gasteiger partial charge in [0.2, 0.25) is 0 Å². The average Bonchev–Trinajstić information content (AvgIpc) is 2.84. The number of carbonyl (C=O) groups excluding carboxylic acids is 1. The van der Waals surface area contributed by atoms with Crippen LogP contribution in [-0.2, 0) is 0 Å². The summed E-state index contributed by atoms with van der Waals surface area (Å²) in [5.41, 5.74) is 0.682. The van der Waals surface area contributed by atoms with Gasteiger partial charge < -0.3 is 10.6 Å². The van der Waals surface area contributed by atoms with E-state index in [4.69, 9.17) is 11.6 Å². The Morgan fingerprint density at radius 1 is 1.61 bits per heavy atom. The van der Waals surface area contributed by atoms with Gasteiger partial charge in [-0.05, 0) is 36.9 Å². The van der Waals surface area contributed by atoms with Gasteiger partial charge in [0, 0.05) is 22.5 Å². The molecule has 0 aromatic heterocycles. The van der Waals surface area contributed by atoms with Gasteiger partial charge in [0.15, 0.2) is 0 Å². The van der Waals surface area contributed by atoms with Gasteiger partial charge in [0.1, 0.15) is 0 Å². The van der Waals surface area contributed by atoms with E-state index < -0.39 is 0 Å². The number of hydrogen-bond donors (Lipinski definition) is 2. The first-order valence-electron chi connectivity index (χ1n) is 6.14. The topological polar surface area (TPSA) is 41.1 Å². The second kappa shape index (κ2) is 6.45. The molecule has 2 rings (SSSR count). The molecule has 3 nitrogen and oxygen atoms in total. The van der Waals surface area contributed by atoms with E-state index in [1.54, 1.807) is 17.8 Å². The zero-order chi connectivity index (χ0) is 13.0. The average molecular weight is 285 g/mol. The Morgan fingerprint density at radius 2 is 2.44 bits per heavy atom. The van der Waals surface area contributed by atoms with Crippen LogP contribution in [0.25, 0.3) is 0 Å². The van der Waals surface area contributed by atoms with E-state index in [-0.39, 0.29) is 11.9 Å². The monoisotopic (exact) mass is 284 g/mol. The molecule has 0 spiro atoms. The highest BCUT2D eigenvalue weighted by molar-refractivity contribution is 7.99. The molecule has 1 unspecified atom stereocenters. The number of amides is 1. The predicted molar refractivity (Wildman–Crippen MR) is 76.6 cm³/mol. The number of carbonyl (C=O) groups is 1. The number of halogens is 1. The Labute approximate surface area is 117 Å². The van der Waals surface area contributed by atoms with Crippen LogP contribution in [0.2, 0.25) is 5.02 Å². The molecular weight excluding hydrogens is 268 g/mol. The highest BCUT2D eigenvalue weighted by Crippen LogP contribution is 2.25. The lowest BCUT2D eigenvalue weighted by atomic mass is 10.2. The van der Waals surface area contributed by atoms with Crippen molar-refractivity contribution < 1.29 is 4.79 Å². The molecule has 1 saturated heterocycles. The first kappa shape index (κ1) is 13.7. The molecule has 98 valence electrons. The third-order valence-electron chi connectivity index (χ3n) is 2.88. The van der Waals surface area contributed by atoms with Crippen molar-refractivity contribution in [3.63, 3.8) is 0 Å². The van der Waals surface area contributed by atoms with Gasteiger partial charge in [-0.3, -0.25) is 4.79 Å². The molecule has 1 fully saturated rings. The first-order chi connectivity index (χ1) is 8.70. The largest absolute Gasteiger partial charge is 0.348 e. The normalized spacial score (nSPS) is 18.9. The number of benzene rings is 1. The van der Waals surface area contributed by atoms with Crippen LogP contribution < -0.4 is 10.6 Å². The molecule has 0 bridgehead atoms. The summed E-state index contributed by atoms with van der Waals surface area (Å²) in [5.74, 6) is 0.912. The maximum Gasteiger partial charge on any atom is 0.252 e. The van der Waals surface area contributed by atoms with Crippen LogP contribution in [0.1, 0.15) is 23.7 Å². The molecule has 0 aliphatic carbocycles. The summed E-state index contributed by atoms with van der Waals surface area (Å²) >= 11 is 7.64. The molecule has 18 heavy (non-hydrogen) atoms. The summed E-state index contributed by atoms with van der Waals surface area (Å²) in [5, 5.41) is 6.88. The summed E-state index contributed by atoms with van der Waals surface area (Å²) < 4.78 is 0. The second-order valence-corrected chi connectivity index (χ2v) is 5.98. The zero-order valence-corrected chi connectivity index (χ0v) is 11.9. The molecule has 1 aromatic carbocycles. The van der Waals surface area contributed by atoms with Crippen molar-refractivity contribution in [1.29, 1.82) is 0 Å². The van der Waals surface area contributed by atoms with Gasteiger partial charge in [-0.15, -0.1) is 11.8 Å². The Bertz CT molecular complexity index is 433. The molecule has 0 radical (unpaired) electrons. The van der Waals surface area contributed by atoms with E-state index in [2.05, 4.69) is 17.6 Å². The van der Waals surface area contributed by atoms with E-state index in [0.717, 1.165) is 30.2 Å². The smallest absolute Gasteiger partial charge is 0.252 e. The fourth-order valence-electron chi connectivity index (χ4n) is 2.00. The van der Waals surface area contributed by atoms with Crippen molar-refractivity contribution >= 4 is 29.3 Å². The fraction of sp³-hybridized carbons (Fsp3) is 0.462. The van der Waals surface area contributed by atoms with Gasteiger partial charge in [0.05, 0.1) is 5.56 Å². The molecule has 1 aromatic rings. The van der Waals surface area contributed by atoms with E-state index in [1.807, 2.05) is 12.1 Å². The third kappa shape index (κ3) is 3.40. The highest BCUT2D eigenvalue weighted by atomic mass is 35.5. The summed E-state index contributed by atoms with van der Waals surface area (Å²) in [6.07, 6.45) is 0.989. The lowest BCUT2D eigenvalue weighted by Gasteiger charge is -2.13. The Balaban J connectivity index is 2.14. The van der Waals surface area contributed by atoms with Crippen molar-refractivity contribution in [2.75, 3.05) is 18.8 Å². The Hall–Kier alpha value is -0.710. The molecule has 0 saturated carbocycles. The van der Waals surface area contributed by atoms with Crippen LogP contribution in [0.4, 0.5) is 0 Å². The van der Waals surface area contributed by atoms with Crippen LogP contribution in [0.3, 0.4) is 0 Å². The minimum Gasteiger partial charge on any atom is -0.348 e. The van der Waals surface area contributed by atoms with Crippen LogP contribution >= 0.6 is 23.4 Å². The van der Waals surface area contributed by atoms with Crippen LogP contribution in [0.5, 0.6) is 0 Å². The van der Waals surface area contributed by atoms with Crippen molar-refractivity contribution in [2.45, 2.75) is 24.3 Å². The maximum atomic E-state index is 12.2. The van der Waals surface area contributed by atoms with Crippen molar-refractivity contribution in [2.24, 2.45) is 0 Å². The van der Waals surface area contributed by atoms with Gasteiger partial charge in [-0.1, -0.05) is 18.5 Å². The van der Waals surface area contributed by atoms with E-state index >= 15 is 0 Å². The number of thioether (sulfide) groups is 1. The molecule has 1 heterocycles. The number of rotatable bonds is 4. The summed E-state index contributed by atoms with van der Waals surface area (Å²) in [6.45, 7) is 3.89. The molecule has 2 N–H and O–H groups in total. The van der Waals surface area contributed by atoms with Gasteiger partial charge >= 0.3 is 0 Å². The molecule has 1 aliphatic rings. The minimum atomic E-state index is -0.0258. The summed E-state index contributed by atoms with van der Waals surface area (Å²) in [7, 11) is 0. The molecule has 1 aliphatic heterocycles. The summed E-state index contributed by atoms with van der Waals surface area (Å²) in [6, 6.07) is 5.72. The van der Waals surface area contributed by atoms with Gasteiger partial charge in [-0.2, -0.15) is 0 Å². The van der Waals surface area contributed by atoms with E-state index in [1.165, 1.54) is 0 Å². The predicted octanol–water partition coefficient (Wildman–Crippen LogP) is 2.54. The standard InChI is InChI=1S/C13H17ClN2OS/c1-2-18-12-4-3-9(14)7-11(12)13(17)16-10-5-6-15-8-10/h3-4,7,10,15H,2,5-6,8H2,1H3,(H,16,17). The second-order valence-electron chi connectivity index (χ2n) is 4.24. The Kier molecular flexibility index (Phi) is 4.92. The van der Waals surface area contributed by atoms with Crippen molar-refractivity contribution in [3.8, 4) is 0 Å². The SMILES string of the molecule is CCSc1ccc(Cl)cc1C(=O)NC1CCNC1. The van der Waals surface area contributed by atoms with Crippen LogP contribution in [0, 0.1) is 0 Å². The quantitative estimate of drug-likeness (QED) is 0.835. The van der Waals surface area contributed by atoms with Crippen molar-refractivity contribution in [3.05, 3.63) is 28.8 Å². The zero-order valence-electron chi connectivity index (χ0n) is 10.3. The molecule has 5 heteroatoms.